The Balaban J connectivity index is 0. The molecule has 0 spiro atoms. The van der Waals surface area contributed by atoms with Crippen LogP contribution in [0.1, 0.15) is 0 Å². The molecule has 0 aromatic carbocycles. The van der Waals surface area contributed by atoms with E-state index in [0.717, 1.165) is 0 Å². The van der Waals surface area contributed by atoms with Gasteiger partial charge < -0.3 is 27.4 Å². The molecule has 0 heterocycles. The SMILES string of the molecule is [Cr+5].[OH-].[OH-].[OH-].[OH-].[OH-]. The van der Waals surface area contributed by atoms with Crippen molar-refractivity contribution in [3.05, 3.63) is 0 Å². The average molecular weight is 137 g/mol. The minimum Gasteiger partial charge on any atom is -0.870 e. The Morgan fingerprint density at radius 2 is 0.333 bits per heavy atom. The van der Waals surface area contributed by atoms with Crippen LogP contribution in [0.25, 0.3) is 0 Å². The molecule has 6 heteroatoms. The zero-order chi connectivity index (χ0) is 0. The molecule has 1 radical (unpaired) electrons. The van der Waals surface area contributed by atoms with Crippen LogP contribution in [0.4, 0.5) is 0 Å². The molecule has 0 aliphatic carbocycles. The maximum atomic E-state index is 0. The van der Waals surface area contributed by atoms with Crippen LogP contribution in [0, 0.1) is 0 Å². The van der Waals surface area contributed by atoms with Gasteiger partial charge in [-0.3, -0.25) is 0 Å². The largest absolute Gasteiger partial charge is 5.00 e. The second-order valence-electron chi connectivity index (χ2n) is 0. The Labute approximate surface area is 45.6 Å². The van der Waals surface area contributed by atoms with Gasteiger partial charge in [-0.2, -0.15) is 0 Å². The van der Waals surface area contributed by atoms with E-state index in [0.29, 0.717) is 0 Å². The summed E-state index contributed by atoms with van der Waals surface area (Å²) in [6.07, 6.45) is 0. The van der Waals surface area contributed by atoms with Gasteiger partial charge in [0.1, 0.15) is 0 Å². The van der Waals surface area contributed by atoms with Crippen molar-refractivity contribution >= 4 is 0 Å². The third-order valence-corrected chi connectivity index (χ3v) is 0. The minimum atomic E-state index is 0. The molecule has 0 aromatic heterocycles. The predicted molar refractivity (Wildman–Crippen MR) is 9.68 cm³/mol. The van der Waals surface area contributed by atoms with E-state index >= 15 is 0 Å². The Morgan fingerprint density at radius 1 is 0.333 bits per heavy atom. The minimum absolute atomic E-state index is 0. The molecular weight excluding hydrogens is 132 g/mol. The van der Waals surface area contributed by atoms with Crippen molar-refractivity contribution in [1.29, 1.82) is 0 Å². The van der Waals surface area contributed by atoms with Gasteiger partial charge in [0, 0.05) is 0 Å². The fourth-order valence-electron chi connectivity index (χ4n) is 0. The van der Waals surface area contributed by atoms with Crippen LogP contribution in [0.3, 0.4) is 0 Å². The van der Waals surface area contributed by atoms with Gasteiger partial charge in [-0.1, -0.05) is 0 Å². The molecule has 0 saturated carbocycles. The molecule has 0 aliphatic rings. The molecule has 0 bridgehead atoms. The smallest absolute Gasteiger partial charge is 0.870 e. The summed E-state index contributed by atoms with van der Waals surface area (Å²) in [6, 6.07) is 0. The number of hydrogen-bond acceptors (Lipinski definition) is 5. The fraction of sp³-hybridized carbons (Fsp3) is 0. The first kappa shape index (κ1) is 1630. The van der Waals surface area contributed by atoms with Crippen LogP contribution in [-0.2, 0) is 17.4 Å². The van der Waals surface area contributed by atoms with Gasteiger partial charge in [0.2, 0.25) is 0 Å². The molecule has 0 unspecified atom stereocenters. The average Bonchev–Trinajstić information content (AvgIpc) is 0. The maximum Gasteiger partial charge on any atom is 5.00 e. The quantitative estimate of drug-likeness (QED) is 0.424. The summed E-state index contributed by atoms with van der Waals surface area (Å²) in [5.74, 6) is 0. The first-order valence-electron chi connectivity index (χ1n) is 0. The zero-order valence-electron chi connectivity index (χ0n) is 2.64. The molecule has 0 atom stereocenters. The van der Waals surface area contributed by atoms with E-state index in [4.69, 9.17) is 0 Å². The van der Waals surface area contributed by atoms with Crippen molar-refractivity contribution in [3.8, 4) is 0 Å². The van der Waals surface area contributed by atoms with Crippen molar-refractivity contribution in [2.75, 3.05) is 0 Å². The molecule has 5 nitrogen and oxygen atoms in total. The van der Waals surface area contributed by atoms with Gasteiger partial charge >= 0.3 is 17.4 Å². The Bertz CT molecular complexity index is 3.90. The normalized spacial score (nSPS) is 0. The summed E-state index contributed by atoms with van der Waals surface area (Å²) in [5.41, 5.74) is 0. The molecule has 0 rings (SSSR count). The van der Waals surface area contributed by atoms with E-state index in [1.807, 2.05) is 0 Å². The van der Waals surface area contributed by atoms with Crippen LogP contribution in [0.15, 0.2) is 0 Å². The van der Waals surface area contributed by atoms with Gasteiger partial charge in [-0.25, -0.2) is 0 Å². The van der Waals surface area contributed by atoms with Crippen LogP contribution in [-0.4, -0.2) is 27.4 Å². The van der Waals surface area contributed by atoms with E-state index in [9.17, 15) is 0 Å². The Kier molecular flexibility index (Phi) is 246000. The molecular formula is H5CrO5. The molecule has 0 aromatic rings. The summed E-state index contributed by atoms with van der Waals surface area (Å²) in [4.78, 5) is 0. The third kappa shape index (κ3) is 435. The summed E-state index contributed by atoms with van der Waals surface area (Å²) in [7, 11) is 0. The second-order valence-corrected chi connectivity index (χ2v) is 0. The molecule has 6 heavy (non-hydrogen) atoms. The summed E-state index contributed by atoms with van der Waals surface area (Å²) >= 11 is 0. The van der Waals surface area contributed by atoms with Gasteiger partial charge in [0.15, 0.2) is 0 Å². The Morgan fingerprint density at radius 3 is 0.333 bits per heavy atom. The number of rotatable bonds is 0. The predicted octanol–water partition coefficient (Wildman–Crippen LogP) is -0.886. The molecule has 5 N–H and O–H groups in total. The van der Waals surface area contributed by atoms with Gasteiger partial charge in [0.25, 0.3) is 0 Å². The van der Waals surface area contributed by atoms with Crippen molar-refractivity contribution in [2.24, 2.45) is 0 Å². The third-order valence-electron chi connectivity index (χ3n) is 0. The topological polar surface area (TPSA) is 150 Å². The van der Waals surface area contributed by atoms with Crippen LogP contribution in [0.2, 0.25) is 0 Å². The summed E-state index contributed by atoms with van der Waals surface area (Å²) < 4.78 is 0. The van der Waals surface area contributed by atoms with Crippen molar-refractivity contribution < 1.29 is 44.7 Å². The van der Waals surface area contributed by atoms with Gasteiger partial charge in [-0.15, -0.1) is 0 Å². The van der Waals surface area contributed by atoms with Crippen molar-refractivity contribution in [2.45, 2.75) is 0 Å². The molecule has 0 aliphatic heterocycles. The van der Waals surface area contributed by atoms with Crippen LogP contribution >= 0.6 is 0 Å². The first-order valence-corrected chi connectivity index (χ1v) is 0. The van der Waals surface area contributed by atoms with Crippen molar-refractivity contribution in [3.63, 3.8) is 0 Å². The maximum absolute atomic E-state index is 0. The van der Waals surface area contributed by atoms with Crippen molar-refractivity contribution in [1.82, 2.24) is 0 Å². The summed E-state index contributed by atoms with van der Waals surface area (Å²) in [5, 5.41) is 0. The molecule has 41 valence electrons. The standard InChI is InChI=1S/Cr.5H2O/h;5*1H2/q+5;;;;;/p-5. The monoisotopic (exact) mass is 137 g/mol. The zero-order valence-corrected chi connectivity index (χ0v) is 3.92. The van der Waals surface area contributed by atoms with Gasteiger partial charge in [-0.05, 0) is 0 Å². The second kappa shape index (κ2) is 906. The Hall–Kier alpha value is 0.332. The van der Waals surface area contributed by atoms with Crippen LogP contribution in [0.5, 0.6) is 0 Å². The van der Waals surface area contributed by atoms with E-state index in [1.54, 1.807) is 0 Å². The molecule has 0 fully saturated rings. The summed E-state index contributed by atoms with van der Waals surface area (Å²) in [6.45, 7) is 0. The molecule has 0 saturated heterocycles. The number of hydrogen-bond donors (Lipinski definition) is 0. The fourth-order valence-corrected chi connectivity index (χ4v) is 0. The van der Waals surface area contributed by atoms with E-state index < -0.39 is 0 Å². The van der Waals surface area contributed by atoms with E-state index in [1.165, 1.54) is 0 Å². The van der Waals surface area contributed by atoms with E-state index in [2.05, 4.69) is 0 Å². The van der Waals surface area contributed by atoms with Gasteiger partial charge in [0.05, 0.1) is 0 Å². The molecule has 0 amide bonds. The van der Waals surface area contributed by atoms with Crippen LogP contribution < -0.4 is 0 Å². The van der Waals surface area contributed by atoms with E-state index in [-0.39, 0.29) is 44.7 Å². The first-order chi connectivity index (χ1) is 0.